The van der Waals surface area contributed by atoms with Crippen molar-refractivity contribution in [1.82, 2.24) is 4.98 Å². The lowest BCUT2D eigenvalue weighted by atomic mass is 10.2. The number of benzene rings is 2. The fourth-order valence-corrected chi connectivity index (χ4v) is 2.13. The minimum absolute atomic E-state index is 0.266. The lowest BCUT2D eigenvalue weighted by molar-refractivity contribution is 0.102. The first-order valence-corrected chi connectivity index (χ1v) is 6.64. The molecule has 5 nitrogen and oxygen atoms in total. The highest BCUT2D eigenvalue weighted by molar-refractivity contribution is 6.33. The number of oxazole rings is 1. The number of nitrogen functional groups attached to an aromatic ring is 1. The van der Waals surface area contributed by atoms with Gasteiger partial charge in [0.25, 0.3) is 5.91 Å². The van der Waals surface area contributed by atoms with Gasteiger partial charge in [0.2, 0.25) is 0 Å². The summed E-state index contributed by atoms with van der Waals surface area (Å²) in [7, 11) is 0. The number of anilines is 2. The van der Waals surface area contributed by atoms with E-state index in [4.69, 9.17) is 21.8 Å². The first kappa shape index (κ1) is 13.5. The average Bonchev–Trinajstić information content (AvgIpc) is 2.81. The summed E-state index contributed by atoms with van der Waals surface area (Å²) in [5.74, 6) is 0.317. The lowest BCUT2D eigenvalue weighted by Gasteiger charge is -2.06. The highest BCUT2D eigenvalue weighted by Crippen LogP contribution is 2.22. The Morgan fingerprint density at radius 2 is 2.10 bits per heavy atom. The van der Waals surface area contributed by atoms with Gasteiger partial charge >= 0.3 is 0 Å². The Hall–Kier alpha value is -2.53. The molecule has 3 aromatic rings. The zero-order valence-electron chi connectivity index (χ0n) is 11.2. The van der Waals surface area contributed by atoms with E-state index in [2.05, 4.69) is 10.3 Å². The van der Waals surface area contributed by atoms with Crippen molar-refractivity contribution in [2.45, 2.75) is 6.92 Å². The largest absolute Gasteiger partial charge is 0.441 e. The molecule has 0 atom stereocenters. The summed E-state index contributed by atoms with van der Waals surface area (Å²) in [5.41, 5.74) is 8.51. The number of carbonyl (C=O) groups excluding carboxylic acids is 1. The summed E-state index contributed by atoms with van der Waals surface area (Å²) in [4.78, 5) is 16.4. The van der Waals surface area contributed by atoms with E-state index in [0.717, 1.165) is 0 Å². The molecule has 0 aliphatic rings. The summed E-state index contributed by atoms with van der Waals surface area (Å²) in [5, 5.41) is 3.21. The number of hydrogen-bond donors (Lipinski definition) is 2. The standard InChI is InChI=1S/C15H12ClN3O2/c1-8-18-13-7-10(3-5-14(13)21-8)19-15(20)9-2-4-11(16)12(17)6-9/h2-7H,17H2,1H3,(H,19,20). The quantitative estimate of drug-likeness (QED) is 0.708. The molecule has 2 aromatic carbocycles. The second-order valence-electron chi connectivity index (χ2n) is 4.61. The van der Waals surface area contributed by atoms with Crippen LogP contribution in [0.4, 0.5) is 11.4 Å². The van der Waals surface area contributed by atoms with E-state index in [1.807, 2.05) is 0 Å². The summed E-state index contributed by atoms with van der Waals surface area (Å²) in [6.45, 7) is 1.77. The number of hydrogen-bond acceptors (Lipinski definition) is 4. The second-order valence-corrected chi connectivity index (χ2v) is 5.01. The van der Waals surface area contributed by atoms with Gasteiger partial charge in [-0.1, -0.05) is 11.6 Å². The van der Waals surface area contributed by atoms with Crippen LogP contribution in [0.25, 0.3) is 11.1 Å². The van der Waals surface area contributed by atoms with Crippen molar-refractivity contribution in [2.24, 2.45) is 0 Å². The molecule has 0 spiro atoms. The molecule has 1 aromatic heterocycles. The molecule has 6 heteroatoms. The van der Waals surface area contributed by atoms with Crippen LogP contribution in [0, 0.1) is 6.92 Å². The van der Waals surface area contributed by atoms with Crippen molar-refractivity contribution >= 4 is 40.0 Å². The van der Waals surface area contributed by atoms with Crippen LogP contribution in [0.3, 0.4) is 0 Å². The van der Waals surface area contributed by atoms with Crippen LogP contribution in [-0.4, -0.2) is 10.9 Å². The van der Waals surface area contributed by atoms with E-state index in [-0.39, 0.29) is 5.91 Å². The molecule has 0 fully saturated rings. The van der Waals surface area contributed by atoms with Gasteiger partial charge in [0, 0.05) is 18.2 Å². The van der Waals surface area contributed by atoms with Gasteiger partial charge in [0.05, 0.1) is 10.7 Å². The molecule has 106 valence electrons. The number of rotatable bonds is 2. The molecule has 21 heavy (non-hydrogen) atoms. The van der Waals surface area contributed by atoms with Gasteiger partial charge in [0.1, 0.15) is 5.52 Å². The summed E-state index contributed by atoms with van der Waals surface area (Å²) < 4.78 is 5.39. The average molecular weight is 302 g/mol. The topological polar surface area (TPSA) is 81.2 Å². The monoisotopic (exact) mass is 301 g/mol. The third-order valence-corrected chi connectivity index (χ3v) is 3.35. The van der Waals surface area contributed by atoms with E-state index < -0.39 is 0 Å². The summed E-state index contributed by atoms with van der Waals surface area (Å²) in [6, 6.07) is 10.0. The Morgan fingerprint density at radius 1 is 1.29 bits per heavy atom. The predicted octanol–water partition coefficient (Wildman–Crippen LogP) is 3.62. The van der Waals surface area contributed by atoms with E-state index in [0.29, 0.717) is 39.0 Å². The van der Waals surface area contributed by atoms with Crippen LogP contribution in [0.15, 0.2) is 40.8 Å². The molecular weight excluding hydrogens is 290 g/mol. The maximum Gasteiger partial charge on any atom is 0.255 e. The number of amides is 1. The van der Waals surface area contributed by atoms with Gasteiger partial charge in [-0.25, -0.2) is 4.98 Å². The van der Waals surface area contributed by atoms with Gasteiger partial charge in [-0.15, -0.1) is 0 Å². The van der Waals surface area contributed by atoms with Crippen LogP contribution in [0.1, 0.15) is 16.2 Å². The molecule has 0 saturated carbocycles. The van der Waals surface area contributed by atoms with Crippen molar-refractivity contribution in [2.75, 3.05) is 11.1 Å². The SMILES string of the molecule is Cc1nc2cc(NC(=O)c3ccc(Cl)c(N)c3)ccc2o1. The Morgan fingerprint density at radius 3 is 2.86 bits per heavy atom. The molecule has 0 bridgehead atoms. The number of aromatic nitrogens is 1. The molecule has 1 heterocycles. The third kappa shape index (κ3) is 2.68. The highest BCUT2D eigenvalue weighted by Gasteiger charge is 2.09. The van der Waals surface area contributed by atoms with E-state index in [9.17, 15) is 4.79 Å². The number of halogens is 1. The van der Waals surface area contributed by atoms with Crippen molar-refractivity contribution in [3.63, 3.8) is 0 Å². The Labute approximate surface area is 125 Å². The minimum Gasteiger partial charge on any atom is -0.441 e. The normalized spacial score (nSPS) is 10.8. The first-order valence-electron chi connectivity index (χ1n) is 6.26. The molecule has 0 unspecified atom stereocenters. The number of nitrogens with zero attached hydrogens (tertiary/aromatic N) is 1. The smallest absolute Gasteiger partial charge is 0.255 e. The van der Waals surface area contributed by atoms with Crippen molar-refractivity contribution in [3.8, 4) is 0 Å². The molecule has 1 amide bonds. The van der Waals surface area contributed by atoms with E-state index in [1.165, 1.54) is 6.07 Å². The van der Waals surface area contributed by atoms with Gasteiger partial charge < -0.3 is 15.5 Å². The molecule has 0 aliphatic carbocycles. The van der Waals surface area contributed by atoms with Crippen molar-refractivity contribution < 1.29 is 9.21 Å². The first-order chi connectivity index (χ1) is 10.0. The van der Waals surface area contributed by atoms with Crippen molar-refractivity contribution in [1.29, 1.82) is 0 Å². The molecule has 0 radical (unpaired) electrons. The fraction of sp³-hybridized carbons (Fsp3) is 0.0667. The zero-order valence-corrected chi connectivity index (χ0v) is 11.9. The minimum atomic E-state index is -0.266. The zero-order chi connectivity index (χ0) is 15.0. The van der Waals surface area contributed by atoms with Crippen LogP contribution in [-0.2, 0) is 0 Å². The number of aryl methyl sites for hydroxylation is 1. The second kappa shape index (κ2) is 5.10. The summed E-state index contributed by atoms with van der Waals surface area (Å²) in [6.07, 6.45) is 0. The fourth-order valence-electron chi connectivity index (χ4n) is 2.01. The number of fused-ring (bicyclic) bond motifs is 1. The van der Waals surface area contributed by atoms with E-state index >= 15 is 0 Å². The Bertz CT molecular complexity index is 842. The number of nitrogens with one attached hydrogen (secondary N) is 1. The van der Waals surface area contributed by atoms with Crippen LogP contribution in [0.2, 0.25) is 5.02 Å². The maximum absolute atomic E-state index is 12.2. The molecular formula is C15H12ClN3O2. The van der Waals surface area contributed by atoms with Gasteiger partial charge in [-0.05, 0) is 36.4 Å². The van der Waals surface area contributed by atoms with Crippen molar-refractivity contribution in [3.05, 3.63) is 52.9 Å². The third-order valence-electron chi connectivity index (χ3n) is 3.01. The van der Waals surface area contributed by atoms with E-state index in [1.54, 1.807) is 37.3 Å². The van der Waals surface area contributed by atoms with Gasteiger partial charge in [-0.2, -0.15) is 0 Å². The maximum atomic E-state index is 12.2. The molecule has 0 saturated heterocycles. The Kier molecular flexibility index (Phi) is 3.27. The number of carbonyl (C=O) groups is 1. The Balaban J connectivity index is 1.86. The van der Waals surface area contributed by atoms with Crippen LogP contribution >= 0.6 is 11.6 Å². The van der Waals surface area contributed by atoms with Gasteiger partial charge in [0.15, 0.2) is 11.5 Å². The highest BCUT2D eigenvalue weighted by atomic mass is 35.5. The predicted molar refractivity (Wildman–Crippen MR) is 82.6 cm³/mol. The van der Waals surface area contributed by atoms with Crippen LogP contribution < -0.4 is 11.1 Å². The van der Waals surface area contributed by atoms with Gasteiger partial charge in [-0.3, -0.25) is 4.79 Å². The summed E-state index contributed by atoms with van der Waals surface area (Å²) >= 11 is 5.84. The molecule has 3 rings (SSSR count). The lowest BCUT2D eigenvalue weighted by Crippen LogP contribution is -2.12. The van der Waals surface area contributed by atoms with Crippen LogP contribution in [0.5, 0.6) is 0 Å². The molecule has 0 aliphatic heterocycles. The number of nitrogens with two attached hydrogens (primary N) is 1. The molecule has 3 N–H and O–H groups in total.